The van der Waals surface area contributed by atoms with Gasteiger partial charge in [-0.1, -0.05) is 41.4 Å². The van der Waals surface area contributed by atoms with E-state index in [-0.39, 0.29) is 0 Å². The molecule has 1 fully saturated rings. The zero-order valence-electron chi connectivity index (χ0n) is 11.3. The molecule has 1 atom stereocenters. The Kier molecular flexibility index (Phi) is 4.37. The van der Waals surface area contributed by atoms with Gasteiger partial charge < -0.3 is 5.32 Å². The second-order valence-electron chi connectivity index (χ2n) is 5.42. The third kappa shape index (κ3) is 3.04. The minimum Gasteiger partial charge on any atom is -0.307 e. The summed E-state index contributed by atoms with van der Waals surface area (Å²) >= 11 is 13.9. The maximum Gasteiger partial charge on any atom is 0.0931 e. The van der Waals surface area contributed by atoms with Gasteiger partial charge in [-0.05, 0) is 49.4 Å². The quantitative estimate of drug-likeness (QED) is 0.765. The highest BCUT2D eigenvalue weighted by Gasteiger charge is 2.32. The van der Waals surface area contributed by atoms with Gasteiger partial charge in [-0.25, -0.2) is 0 Å². The third-order valence-corrected chi connectivity index (χ3v) is 5.75. The van der Waals surface area contributed by atoms with E-state index in [9.17, 15) is 0 Å². The number of rotatable bonds is 4. The molecule has 20 heavy (non-hydrogen) atoms. The number of thiophene rings is 1. The van der Waals surface area contributed by atoms with E-state index in [4.69, 9.17) is 23.2 Å². The molecule has 1 nitrogen and oxygen atoms in total. The lowest BCUT2D eigenvalue weighted by Crippen LogP contribution is -2.41. The monoisotopic (exact) mass is 325 g/mol. The number of hydrogen-bond donors (Lipinski definition) is 1. The molecule has 1 aliphatic rings. The van der Waals surface area contributed by atoms with Gasteiger partial charge in [-0.15, -0.1) is 11.3 Å². The fourth-order valence-corrected chi connectivity index (χ4v) is 4.17. The summed E-state index contributed by atoms with van der Waals surface area (Å²) in [6.45, 7) is 2.20. The molecule has 0 saturated heterocycles. The van der Waals surface area contributed by atoms with Crippen LogP contribution in [0.2, 0.25) is 9.36 Å². The van der Waals surface area contributed by atoms with Gasteiger partial charge in [0.25, 0.3) is 0 Å². The van der Waals surface area contributed by atoms with Gasteiger partial charge >= 0.3 is 0 Å². The Bertz CT molecular complexity index is 590. The highest BCUT2D eigenvalue weighted by Crippen LogP contribution is 2.41. The van der Waals surface area contributed by atoms with Crippen LogP contribution in [0.1, 0.15) is 42.2 Å². The smallest absolute Gasteiger partial charge is 0.0931 e. The Labute approximate surface area is 133 Å². The van der Waals surface area contributed by atoms with Crippen molar-refractivity contribution in [2.75, 3.05) is 0 Å². The molecule has 0 spiro atoms. The Balaban J connectivity index is 1.55. The molecule has 0 radical (unpaired) electrons. The average Bonchev–Trinajstić information content (AvgIpc) is 2.81. The van der Waals surface area contributed by atoms with Gasteiger partial charge in [0.05, 0.1) is 4.34 Å². The topological polar surface area (TPSA) is 12.0 Å². The summed E-state index contributed by atoms with van der Waals surface area (Å²) in [5.74, 6) is 0.598. The minimum absolute atomic E-state index is 0.365. The van der Waals surface area contributed by atoms with Crippen LogP contribution >= 0.6 is 34.5 Å². The Hall–Kier alpha value is -0.540. The van der Waals surface area contributed by atoms with E-state index in [0.717, 1.165) is 22.2 Å². The summed E-state index contributed by atoms with van der Waals surface area (Å²) in [5, 5.41) is 4.57. The van der Waals surface area contributed by atoms with Crippen LogP contribution in [0.25, 0.3) is 0 Å². The van der Waals surface area contributed by atoms with Crippen LogP contribution in [0, 0.1) is 0 Å². The summed E-state index contributed by atoms with van der Waals surface area (Å²) in [6, 6.07) is 13.2. The molecule has 1 aromatic heterocycles. The Morgan fingerprint density at radius 2 is 1.90 bits per heavy atom. The molecule has 4 heteroatoms. The summed E-state index contributed by atoms with van der Waals surface area (Å²) in [5.41, 5.74) is 1.29. The van der Waals surface area contributed by atoms with E-state index < -0.39 is 0 Å². The molecule has 1 heterocycles. The van der Waals surface area contributed by atoms with E-state index in [0.29, 0.717) is 18.0 Å². The van der Waals surface area contributed by atoms with Crippen molar-refractivity contribution in [3.8, 4) is 0 Å². The molecule has 1 aromatic carbocycles. The van der Waals surface area contributed by atoms with Crippen LogP contribution in [0.3, 0.4) is 0 Å². The van der Waals surface area contributed by atoms with Crippen LogP contribution in [0.5, 0.6) is 0 Å². The lowest BCUT2D eigenvalue weighted by molar-refractivity contribution is 0.272. The normalized spacial score (nSPS) is 23.4. The SMILES string of the molecule is CC(NC1CC(c2ccccc2Cl)C1)c1ccc(Cl)s1. The van der Waals surface area contributed by atoms with Gasteiger partial charge in [0.15, 0.2) is 0 Å². The van der Waals surface area contributed by atoms with E-state index in [1.807, 2.05) is 18.2 Å². The molecular weight excluding hydrogens is 309 g/mol. The standard InChI is InChI=1S/C16H17Cl2NS/c1-10(15-6-7-16(18)20-15)19-12-8-11(9-12)13-4-2-3-5-14(13)17/h2-7,10-12,19H,8-9H2,1H3. The first-order chi connectivity index (χ1) is 9.63. The van der Waals surface area contributed by atoms with E-state index >= 15 is 0 Å². The van der Waals surface area contributed by atoms with Crippen molar-refractivity contribution in [2.45, 2.75) is 37.8 Å². The summed E-state index contributed by atoms with van der Waals surface area (Å²) in [7, 11) is 0. The van der Waals surface area contributed by atoms with Crippen molar-refractivity contribution < 1.29 is 0 Å². The molecular formula is C16H17Cl2NS. The van der Waals surface area contributed by atoms with Crippen LogP contribution in [-0.2, 0) is 0 Å². The zero-order valence-corrected chi connectivity index (χ0v) is 13.6. The number of nitrogens with one attached hydrogen (secondary N) is 1. The highest BCUT2D eigenvalue weighted by atomic mass is 35.5. The molecule has 1 saturated carbocycles. The van der Waals surface area contributed by atoms with Gasteiger partial charge in [0.2, 0.25) is 0 Å². The Morgan fingerprint density at radius 3 is 2.55 bits per heavy atom. The molecule has 1 unspecified atom stereocenters. The minimum atomic E-state index is 0.365. The van der Waals surface area contributed by atoms with Gasteiger partial charge in [0, 0.05) is 22.0 Å². The largest absolute Gasteiger partial charge is 0.307 e. The van der Waals surface area contributed by atoms with Crippen molar-refractivity contribution in [2.24, 2.45) is 0 Å². The average molecular weight is 326 g/mol. The molecule has 2 aromatic rings. The van der Waals surface area contributed by atoms with E-state index in [2.05, 4.69) is 30.4 Å². The molecule has 1 aliphatic carbocycles. The van der Waals surface area contributed by atoms with Crippen molar-refractivity contribution in [3.63, 3.8) is 0 Å². The maximum absolute atomic E-state index is 6.25. The van der Waals surface area contributed by atoms with Gasteiger partial charge in [-0.3, -0.25) is 0 Å². The molecule has 0 amide bonds. The molecule has 3 rings (SSSR count). The van der Waals surface area contributed by atoms with Crippen molar-refractivity contribution in [1.82, 2.24) is 5.32 Å². The van der Waals surface area contributed by atoms with Crippen LogP contribution in [0.15, 0.2) is 36.4 Å². The van der Waals surface area contributed by atoms with Gasteiger partial charge in [-0.2, -0.15) is 0 Å². The zero-order chi connectivity index (χ0) is 14.1. The van der Waals surface area contributed by atoms with E-state index in [1.165, 1.54) is 10.4 Å². The molecule has 0 bridgehead atoms. The summed E-state index contributed by atoms with van der Waals surface area (Å²) in [4.78, 5) is 1.30. The van der Waals surface area contributed by atoms with E-state index in [1.54, 1.807) is 11.3 Å². The molecule has 1 N–H and O–H groups in total. The first kappa shape index (κ1) is 14.4. The maximum atomic E-state index is 6.25. The van der Waals surface area contributed by atoms with Crippen molar-refractivity contribution >= 4 is 34.5 Å². The lowest BCUT2D eigenvalue weighted by atomic mass is 9.75. The number of benzene rings is 1. The molecule has 0 aliphatic heterocycles. The van der Waals surface area contributed by atoms with Crippen LogP contribution in [0.4, 0.5) is 0 Å². The van der Waals surface area contributed by atoms with Gasteiger partial charge in [0.1, 0.15) is 0 Å². The fraction of sp³-hybridized carbons (Fsp3) is 0.375. The van der Waals surface area contributed by atoms with Crippen LogP contribution < -0.4 is 5.32 Å². The number of halogens is 2. The second kappa shape index (κ2) is 6.07. The third-order valence-electron chi connectivity index (χ3n) is 3.99. The second-order valence-corrected chi connectivity index (χ2v) is 7.57. The van der Waals surface area contributed by atoms with Crippen LogP contribution in [-0.4, -0.2) is 6.04 Å². The Morgan fingerprint density at radius 1 is 1.15 bits per heavy atom. The first-order valence-corrected chi connectivity index (χ1v) is 8.46. The van der Waals surface area contributed by atoms with Crippen molar-refractivity contribution in [3.05, 3.63) is 56.2 Å². The van der Waals surface area contributed by atoms with Crippen molar-refractivity contribution in [1.29, 1.82) is 0 Å². The first-order valence-electron chi connectivity index (χ1n) is 6.89. The predicted molar refractivity (Wildman–Crippen MR) is 88.1 cm³/mol. The highest BCUT2D eigenvalue weighted by molar-refractivity contribution is 7.16. The summed E-state index contributed by atoms with van der Waals surface area (Å²) in [6.07, 6.45) is 2.32. The lowest BCUT2D eigenvalue weighted by Gasteiger charge is -2.38. The fourth-order valence-electron chi connectivity index (χ4n) is 2.81. The summed E-state index contributed by atoms with van der Waals surface area (Å²) < 4.78 is 0.858. The number of hydrogen-bond acceptors (Lipinski definition) is 2. The predicted octanol–water partition coefficient (Wildman–Crippen LogP) is 5.65. The molecule has 106 valence electrons.